The van der Waals surface area contributed by atoms with Gasteiger partial charge in [-0.05, 0) is 53.6 Å². The summed E-state index contributed by atoms with van der Waals surface area (Å²) in [6, 6.07) is 19.0. The van der Waals surface area contributed by atoms with Crippen molar-refractivity contribution in [2.45, 2.75) is 6.92 Å². The number of rotatable bonds is 4. The minimum absolute atomic E-state index is 0.0698. The number of phenolic OH excluding ortho intramolecular Hbond substituents is 1. The highest BCUT2D eigenvalue weighted by atomic mass is 16.5. The van der Waals surface area contributed by atoms with Gasteiger partial charge in [-0.1, -0.05) is 42.5 Å². The fourth-order valence-electron chi connectivity index (χ4n) is 3.05. The van der Waals surface area contributed by atoms with E-state index in [9.17, 15) is 9.90 Å². The second-order valence-electron chi connectivity index (χ2n) is 6.22. The Morgan fingerprint density at radius 1 is 1.04 bits per heavy atom. The number of benzene rings is 3. The van der Waals surface area contributed by atoms with E-state index in [0.717, 1.165) is 21.9 Å². The summed E-state index contributed by atoms with van der Waals surface area (Å²) in [7, 11) is 0. The SMILES string of the molecule is CCOc1cc(C=C2C=C(c3ccc4ccccc4c3)OC2=O)ccc1O. The van der Waals surface area contributed by atoms with Crippen molar-refractivity contribution in [3.8, 4) is 11.5 Å². The molecule has 1 aliphatic rings. The number of ether oxygens (including phenoxy) is 2. The molecule has 134 valence electrons. The molecule has 1 N–H and O–H groups in total. The maximum atomic E-state index is 12.3. The summed E-state index contributed by atoms with van der Waals surface area (Å²) in [6.45, 7) is 2.29. The molecule has 0 bridgehead atoms. The number of cyclic esters (lactones) is 1. The zero-order valence-electron chi connectivity index (χ0n) is 14.8. The van der Waals surface area contributed by atoms with E-state index in [1.807, 2.05) is 49.4 Å². The number of phenols is 1. The van der Waals surface area contributed by atoms with Crippen LogP contribution in [-0.4, -0.2) is 17.7 Å². The summed E-state index contributed by atoms with van der Waals surface area (Å²) < 4.78 is 10.8. The third kappa shape index (κ3) is 3.42. The smallest absolute Gasteiger partial charge is 0.343 e. The lowest BCUT2D eigenvalue weighted by Gasteiger charge is -2.06. The summed E-state index contributed by atoms with van der Waals surface area (Å²) in [4.78, 5) is 12.3. The number of aromatic hydroxyl groups is 1. The fourth-order valence-corrected chi connectivity index (χ4v) is 3.05. The first kappa shape index (κ1) is 16.9. The number of hydrogen-bond acceptors (Lipinski definition) is 4. The van der Waals surface area contributed by atoms with Gasteiger partial charge in [0, 0.05) is 5.56 Å². The van der Waals surface area contributed by atoms with Crippen LogP contribution in [0.5, 0.6) is 11.5 Å². The summed E-state index contributed by atoms with van der Waals surface area (Å²) in [5.74, 6) is 0.586. The van der Waals surface area contributed by atoms with Crippen LogP contribution in [0.4, 0.5) is 0 Å². The van der Waals surface area contributed by atoms with Crippen LogP contribution in [0.3, 0.4) is 0 Å². The monoisotopic (exact) mass is 358 g/mol. The number of carbonyl (C=O) groups excluding carboxylic acids is 1. The van der Waals surface area contributed by atoms with Gasteiger partial charge in [0.1, 0.15) is 5.76 Å². The van der Waals surface area contributed by atoms with Gasteiger partial charge < -0.3 is 14.6 Å². The molecule has 0 aromatic heterocycles. The van der Waals surface area contributed by atoms with Crippen LogP contribution >= 0.6 is 0 Å². The fraction of sp³-hybridized carbons (Fsp3) is 0.0870. The van der Waals surface area contributed by atoms with Crippen LogP contribution in [0.2, 0.25) is 0 Å². The first-order valence-corrected chi connectivity index (χ1v) is 8.74. The van der Waals surface area contributed by atoms with E-state index in [-0.39, 0.29) is 5.75 Å². The topological polar surface area (TPSA) is 55.8 Å². The molecule has 3 aromatic rings. The molecular formula is C23H18O4. The predicted octanol–water partition coefficient (Wildman–Crippen LogP) is 4.93. The van der Waals surface area contributed by atoms with E-state index >= 15 is 0 Å². The molecule has 0 amide bonds. The highest BCUT2D eigenvalue weighted by Gasteiger charge is 2.22. The Hall–Kier alpha value is -3.53. The first-order chi connectivity index (χ1) is 13.1. The van der Waals surface area contributed by atoms with E-state index in [0.29, 0.717) is 23.7 Å². The maximum Gasteiger partial charge on any atom is 0.343 e. The van der Waals surface area contributed by atoms with Crippen molar-refractivity contribution in [3.63, 3.8) is 0 Å². The van der Waals surface area contributed by atoms with Gasteiger partial charge in [0.05, 0.1) is 12.2 Å². The van der Waals surface area contributed by atoms with Crippen LogP contribution in [0, 0.1) is 0 Å². The molecule has 4 rings (SSSR count). The Morgan fingerprint density at radius 3 is 2.67 bits per heavy atom. The molecule has 0 fully saturated rings. The number of carbonyl (C=O) groups is 1. The van der Waals surface area contributed by atoms with E-state index in [2.05, 4.69) is 0 Å². The lowest BCUT2D eigenvalue weighted by atomic mass is 10.0. The van der Waals surface area contributed by atoms with E-state index in [4.69, 9.17) is 9.47 Å². The Kier molecular flexibility index (Phi) is 4.38. The Bertz CT molecular complexity index is 1090. The van der Waals surface area contributed by atoms with Gasteiger partial charge in [0.25, 0.3) is 0 Å². The van der Waals surface area contributed by atoms with Crippen LogP contribution in [-0.2, 0) is 9.53 Å². The molecule has 0 saturated carbocycles. The van der Waals surface area contributed by atoms with E-state index < -0.39 is 5.97 Å². The van der Waals surface area contributed by atoms with Crippen molar-refractivity contribution in [1.29, 1.82) is 0 Å². The van der Waals surface area contributed by atoms with Gasteiger partial charge in [0.15, 0.2) is 11.5 Å². The van der Waals surface area contributed by atoms with Gasteiger partial charge in [-0.2, -0.15) is 0 Å². The molecule has 0 saturated heterocycles. The molecule has 1 aliphatic heterocycles. The number of fused-ring (bicyclic) bond motifs is 1. The molecule has 4 heteroatoms. The summed E-state index contributed by atoms with van der Waals surface area (Å²) in [6.07, 6.45) is 3.46. The van der Waals surface area contributed by atoms with Gasteiger partial charge >= 0.3 is 5.97 Å². The third-order valence-electron chi connectivity index (χ3n) is 4.36. The largest absolute Gasteiger partial charge is 0.504 e. The average molecular weight is 358 g/mol. The second-order valence-corrected chi connectivity index (χ2v) is 6.22. The Balaban J connectivity index is 1.68. The maximum absolute atomic E-state index is 12.3. The van der Waals surface area contributed by atoms with Crippen molar-refractivity contribution in [2.75, 3.05) is 6.61 Å². The molecule has 1 heterocycles. The molecular weight excluding hydrogens is 340 g/mol. The van der Waals surface area contributed by atoms with Crippen molar-refractivity contribution >= 4 is 28.6 Å². The standard InChI is InChI=1S/C23H18O4/c1-2-26-22-12-15(7-10-20(22)24)11-19-14-21(27-23(19)25)18-9-8-16-5-3-4-6-17(16)13-18/h3-14,24H,2H2,1H3. The zero-order chi connectivity index (χ0) is 18.8. The molecule has 0 unspecified atom stereocenters. The van der Waals surface area contributed by atoms with Crippen LogP contribution in [0.25, 0.3) is 22.6 Å². The Morgan fingerprint density at radius 2 is 1.85 bits per heavy atom. The van der Waals surface area contributed by atoms with Gasteiger partial charge in [-0.15, -0.1) is 0 Å². The summed E-state index contributed by atoms with van der Waals surface area (Å²) >= 11 is 0. The minimum Gasteiger partial charge on any atom is -0.504 e. The molecule has 0 atom stereocenters. The molecule has 0 aliphatic carbocycles. The number of esters is 1. The highest BCUT2D eigenvalue weighted by molar-refractivity contribution is 6.05. The number of hydrogen-bond donors (Lipinski definition) is 1. The quantitative estimate of drug-likeness (QED) is 0.531. The molecule has 0 radical (unpaired) electrons. The van der Waals surface area contributed by atoms with Crippen LogP contribution < -0.4 is 4.74 Å². The van der Waals surface area contributed by atoms with Crippen LogP contribution in [0.1, 0.15) is 18.1 Å². The summed E-state index contributed by atoms with van der Waals surface area (Å²) in [5.41, 5.74) is 2.05. The van der Waals surface area contributed by atoms with Crippen molar-refractivity contribution in [3.05, 3.63) is 83.4 Å². The minimum atomic E-state index is -0.399. The molecule has 27 heavy (non-hydrogen) atoms. The zero-order valence-corrected chi connectivity index (χ0v) is 14.8. The van der Waals surface area contributed by atoms with Gasteiger partial charge in [-0.3, -0.25) is 0 Å². The third-order valence-corrected chi connectivity index (χ3v) is 4.36. The second kappa shape index (κ2) is 7.00. The van der Waals surface area contributed by atoms with E-state index in [1.165, 1.54) is 0 Å². The first-order valence-electron chi connectivity index (χ1n) is 8.74. The normalized spacial score (nSPS) is 15.1. The summed E-state index contributed by atoms with van der Waals surface area (Å²) in [5, 5.41) is 12.0. The molecule has 4 nitrogen and oxygen atoms in total. The molecule has 3 aromatic carbocycles. The predicted molar refractivity (Wildman–Crippen MR) is 105 cm³/mol. The van der Waals surface area contributed by atoms with Gasteiger partial charge in [0.2, 0.25) is 0 Å². The Labute approximate surface area is 157 Å². The lowest BCUT2D eigenvalue weighted by Crippen LogP contribution is -1.97. The van der Waals surface area contributed by atoms with Crippen LogP contribution in [0.15, 0.2) is 72.3 Å². The van der Waals surface area contributed by atoms with Crippen molar-refractivity contribution < 1.29 is 19.4 Å². The average Bonchev–Trinajstić information content (AvgIpc) is 3.05. The molecule has 0 spiro atoms. The van der Waals surface area contributed by atoms with Crippen molar-refractivity contribution in [1.82, 2.24) is 0 Å². The van der Waals surface area contributed by atoms with E-state index in [1.54, 1.807) is 30.4 Å². The van der Waals surface area contributed by atoms with Crippen molar-refractivity contribution in [2.24, 2.45) is 0 Å². The van der Waals surface area contributed by atoms with Gasteiger partial charge in [-0.25, -0.2) is 4.79 Å². The highest BCUT2D eigenvalue weighted by Crippen LogP contribution is 2.31. The lowest BCUT2D eigenvalue weighted by molar-refractivity contribution is -0.130.